The van der Waals surface area contributed by atoms with Crippen LogP contribution < -0.4 is 9.62 Å². The van der Waals surface area contributed by atoms with Gasteiger partial charge in [0.05, 0.1) is 18.0 Å². The Bertz CT molecular complexity index is 935. The molecule has 5 nitrogen and oxygen atoms in total. The molecular weight excluding hydrogens is 360 g/mol. The fraction of sp³-hybridized carbons (Fsp3) is 0.381. The van der Waals surface area contributed by atoms with Crippen LogP contribution in [0.1, 0.15) is 52.5 Å². The van der Waals surface area contributed by atoms with Crippen LogP contribution in [0.25, 0.3) is 0 Å². The van der Waals surface area contributed by atoms with Gasteiger partial charge in [-0.1, -0.05) is 12.1 Å². The molecule has 2 rings (SSSR count). The molecule has 6 heteroatoms. The van der Waals surface area contributed by atoms with Gasteiger partial charge in [-0.05, 0) is 81.1 Å². The molecule has 0 saturated carbocycles. The van der Waals surface area contributed by atoms with E-state index < -0.39 is 10.0 Å². The van der Waals surface area contributed by atoms with Crippen LogP contribution in [0.5, 0.6) is 0 Å². The minimum absolute atomic E-state index is 0.125. The van der Waals surface area contributed by atoms with E-state index in [9.17, 15) is 13.2 Å². The molecule has 2 aromatic carbocycles. The van der Waals surface area contributed by atoms with Gasteiger partial charge in [0.2, 0.25) is 10.0 Å². The van der Waals surface area contributed by atoms with Crippen LogP contribution in [0.3, 0.4) is 0 Å². The van der Waals surface area contributed by atoms with Crippen molar-refractivity contribution >= 4 is 21.6 Å². The number of hydrogen-bond donors (Lipinski definition) is 1. The highest BCUT2D eigenvalue weighted by molar-refractivity contribution is 7.92. The normalized spacial score (nSPS) is 12.5. The first kappa shape index (κ1) is 21.0. The van der Waals surface area contributed by atoms with Crippen molar-refractivity contribution in [3.8, 4) is 0 Å². The van der Waals surface area contributed by atoms with E-state index in [4.69, 9.17) is 0 Å². The van der Waals surface area contributed by atoms with Gasteiger partial charge in [0.15, 0.2) is 0 Å². The average Bonchev–Trinajstić information content (AvgIpc) is 2.58. The summed E-state index contributed by atoms with van der Waals surface area (Å²) >= 11 is 0. The van der Waals surface area contributed by atoms with Crippen LogP contribution in [0.15, 0.2) is 36.4 Å². The zero-order chi connectivity index (χ0) is 20.4. The molecule has 0 saturated heterocycles. The minimum atomic E-state index is -3.34. The summed E-state index contributed by atoms with van der Waals surface area (Å²) in [5.74, 6) is -0.186. The third kappa shape index (κ3) is 4.89. The van der Waals surface area contributed by atoms with Crippen molar-refractivity contribution in [1.29, 1.82) is 0 Å². The summed E-state index contributed by atoms with van der Waals surface area (Å²) in [7, 11) is -3.34. The molecule has 0 aromatic heterocycles. The predicted octanol–water partition coefficient (Wildman–Crippen LogP) is 3.89. The molecule has 0 fully saturated rings. The highest BCUT2D eigenvalue weighted by Gasteiger charge is 2.17. The molecule has 0 aliphatic carbocycles. The molecule has 146 valence electrons. The Morgan fingerprint density at radius 1 is 1.04 bits per heavy atom. The molecule has 0 unspecified atom stereocenters. The standard InChI is InChI=1S/C21H28N2O3S/c1-7-23(27(6,25)26)19-10-8-18(9-11-19)21(24)22-17(5)20-13-15(3)14(2)12-16(20)4/h8-13,17H,7H2,1-6H3,(H,22,24)/t17-/m1/s1. The van der Waals surface area contributed by atoms with Gasteiger partial charge in [-0.25, -0.2) is 8.42 Å². The molecule has 0 heterocycles. The smallest absolute Gasteiger partial charge is 0.251 e. The van der Waals surface area contributed by atoms with Crippen LogP contribution in [-0.2, 0) is 10.0 Å². The van der Waals surface area contributed by atoms with Crippen molar-refractivity contribution in [2.24, 2.45) is 0 Å². The SMILES string of the molecule is CCN(c1ccc(C(=O)N[C@H](C)c2cc(C)c(C)cc2C)cc1)S(C)(=O)=O. The molecule has 0 bridgehead atoms. The molecular formula is C21H28N2O3S. The Labute approximate surface area is 162 Å². The number of rotatable bonds is 6. The highest BCUT2D eigenvalue weighted by atomic mass is 32.2. The van der Waals surface area contributed by atoms with E-state index in [0.29, 0.717) is 17.8 Å². The number of amides is 1. The zero-order valence-corrected chi connectivity index (χ0v) is 17.6. The van der Waals surface area contributed by atoms with Crippen LogP contribution in [-0.4, -0.2) is 27.1 Å². The molecule has 27 heavy (non-hydrogen) atoms. The monoisotopic (exact) mass is 388 g/mol. The quantitative estimate of drug-likeness (QED) is 0.816. The second-order valence-corrected chi connectivity index (χ2v) is 8.87. The van der Waals surface area contributed by atoms with Gasteiger partial charge in [-0.15, -0.1) is 0 Å². The molecule has 2 aromatic rings. The van der Waals surface area contributed by atoms with Crippen molar-refractivity contribution in [2.75, 3.05) is 17.1 Å². The van der Waals surface area contributed by atoms with Crippen LogP contribution in [0.2, 0.25) is 0 Å². The number of carbonyl (C=O) groups excluding carboxylic acids is 1. The van der Waals surface area contributed by atoms with Gasteiger partial charge in [-0.2, -0.15) is 0 Å². The topological polar surface area (TPSA) is 66.5 Å². The van der Waals surface area contributed by atoms with Crippen molar-refractivity contribution in [3.63, 3.8) is 0 Å². The zero-order valence-electron chi connectivity index (χ0n) is 16.8. The summed E-state index contributed by atoms with van der Waals surface area (Å²) in [4.78, 5) is 12.6. The van der Waals surface area contributed by atoms with Gasteiger partial charge in [0.25, 0.3) is 5.91 Å². The minimum Gasteiger partial charge on any atom is -0.346 e. The maximum absolute atomic E-state index is 12.6. The highest BCUT2D eigenvalue weighted by Crippen LogP contribution is 2.23. The molecule has 1 N–H and O–H groups in total. The Balaban J connectivity index is 2.18. The van der Waals surface area contributed by atoms with Crippen molar-refractivity contribution < 1.29 is 13.2 Å². The third-order valence-electron chi connectivity index (χ3n) is 4.80. The van der Waals surface area contributed by atoms with Crippen molar-refractivity contribution in [1.82, 2.24) is 5.32 Å². The first-order valence-electron chi connectivity index (χ1n) is 9.01. The molecule has 0 aliphatic rings. The lowest BCUT2D eigenvalue weighted by atomic mass is 9.96. The summed E-state index contributed by atoms with van der Waals surface area (Å²) in [6, 6.07) is 10.7. The number of aryl methyl sites for hydroxylation is 3. The number of sulfonamides is 1. The number of carbonyl (C=O) groups is 1. The van der Waals surface area contributed by atoms with Crippen LogP contribution in [0.4, 0.5) is 5.69 Å². The fourth-order valence-electron chi connectivity index (χ4n) is 3.19. The number of nitrogens with one attached hydrogen (secondary N) is 1. The lowest BCUT2D eigenvalue weighted by Crippen LogP contribution is -2.30. The van der Waals surface area contributed by atoms with E-state index in [1.54, 1.807) is 31.2 Å². The lowest BCUT2D eigenvalue weighted by molar-refractivity contribution is 0.0940. The third-order valence-corrected chi connectivity index (χ3v) is 6.07. The van der Waals surface area contributed by atoms with Gasteiger partial charge >= 0.3 is 0 Å². The second kappa shape index (κ2) is 8.13. The number of nitrogens with zero attached hydrogens (tertiary/aromatic N) is 1. The Morgan fingerprint density at radius 3 is 2.11 bits per heavy atom. The van der Waals surface area contributed by atoms with E-state index in [1.165, 1.54) is 21.7 Å². The Morgan fingerprint density at radius 2 is 1.59 bits per heavy atom. The summed E-state index contributed by atoms with van der Waals surface area (Å²) in [6.07, 6.45) is 1.17. The van der Waals surface area contributed by atoms with Crippen LogP contribution >= 0.6 is 0 Å². The van der Waals surface area contributed by atoms with Crippen molar-refractivity contribution in [3.05, 3.63) is 64.2 Å². The first-order chi connectivity index (χ1) is 12.5. The van der Waals surface area contributed by atoms with Gasteiger partial charge < -0.3 is 5.32 Å². The summed E-state index contributed by atoms with van der Waals surface area (Å²) in [6.45, 7) is 10.3. The average molecular weight is 389 g/mol. The van der Waals surface area contributed by atoms with Crippen LogP contribution in [0, 0.1) is 20.8 Å². The molecule has 1 amide bonds. The summed E-state index contributed by atoms with van der Waals surface area (Å²) in [5, 5.41) is 3.02. The molecule has 0 radical (unpaired) electrons. The van der Waals surface area contributed by atoms with E-state index in [-0.39, 0.29) is 11.9 Å². The Hall–Kier alpha value is -2.34. The van der Waals surface area contributed by atoms with Gasteiger partial charge in [0, 0.05) is 12.1 Å². The number of benzene rings is 2. The summed E-state index contributed by atoms with van der Waals surface area (Å²) < 4.78 is 24.9. The Kier molecular flexibility index (Phi) is 6.31. The maximum Gasteiger partial charge on any atom is 0.251 e. The maximum atomic E-state index is 12.6. The molecule has 0 spiro atoms. The summed E-state index contributed by atoms with van der Waals surface area (Å²) in [5.41, 5.74) is 5.72. The van der Waals surface area contributed by atoms with E-state index in [0.717, 1.165) is 11.1 Å². The fourth-order valence-corrected chi connectivity index (χ4v) is 4.17. The predicted molar refractivity (Wildman–Crippen MR) is 111 cm³/mol. The van der Waals surface area contributed by atoms with E-state index >= 15 is 0 Å². The van der Waals surface area contributed by atoms with E-state index in [2.05, 4.69) is 31.3 Å². The lowest BCUT2D eigenvalue weighted by Gasteiger charge is -2.21. The largest absolute Gasteiger partial charge is 0.346 e. The first-order valence-corrected chi connectivity index (χ1v) is 10.9. The number of hydrogen-bond acceptors (Lipinski definition) is 3. The van der Waals surface area contributed by atoms with Gasteiger partial charge in [-0.3, -0.25) is 9.10 Å². The molecule has 1 atom stereocenters. The van der Waals surface area contributed by atoms with Gasteiger partial charge in [0.1, 0.15) is 0 Å². The second-order valence-electron chi connectivity index (χ2n) is 6.96. The van der Waals surface area contributed by atoms with Crippen molar-refractivity contribution in [2.45, 2.75) is 40.7 Å². The number of anilines is 1. The molecule has 0 aliphatic heterocycles. The van der Waals surface area contributed by atoms with E-state index in [1.807, 2.05) is 13.8 Å².